The van der Waals surface area contributed by atoms with Crippen LogP contribution in [-0.4, -0.2) is 61.2 Å². The van der Waals surface area contributed by atoms with Crippen LogP contribution in [0.5, 0.6) is 5.75 Å². The quantitative estimate of drug-likeness (QED) is 0.778. The van der Waals surface area contributed by atoms with E-state index in [1.54, 1.807) is 7.11 Å². The maximum Gasteiger partial charge on any atom is 0.134 e. The second-order valence-electron chi connectivity index (χ2n) is 4.88. The Hall–Kier alpha value is -1.58. The summed E-state index contributed by atoms with van der Waals surface area (Å²) in [7, 11) is 1.60. The van der Waals surface area contributed by atoms with Crippen LogP contribution in [0.1, 0.15) is 11.1 Å². The number of nitrogens with zero attached hydrogens (tertiary/aromatic N) is 1. The number of methoxy groups -OCH3 is 1. The summed E-state index contributed by atoms with van der Waals surface area (Å²) in [6.07, 6.45) is 0. The van der Waals surface area contributed by atoms with Gasteiger partial charge in [0.15, 0.2) is 0 Å². The molecule has 1 unspecified atom stereocenters. The minimum atomic E-state index is -0.177. The number of aliphatic hydroxyl groups excluding tert-OH is 2. The smallest absolute Gasteiger partial charge is 0.134 e. The molecule has 0 aliphatic carbocycles. The van der Waals surface area contributed by atoms with E-state index in [0.29, 0.717) is 19.0 Å². The molecule has 0 amide bonds. The van der Waals surface area contributed by atoms with E-state index in [0.717, 1.165) is 24.2 Å². The van der Waals surface area contributed by atoms with E-state index >= 15 is 0 Å². The van der Waals surface area contributed by atoms with Crippen molar-refractivity contribution in [2.75, 3.05) is 40.1 Å². The lowest BCUT2D eigenvalue weighted by Gasteiger charge is -2.34. The molecule has 1 aromatic carbocycles. The van der Waals surface area contributed by atoms with Crippen molar-refractivity contribution >= 4 is 0 Å². The number of ether oxygens (including phenoxy) is 2. The fourth-order valence-corrected chi connectivity index (χ4v) is 2.39. The van der Waals surface area contributed by atoms with Crippen LogP contribution in [0.4, 0.5) is 0 Å². The largest absolute Gasteiger partial charge is 0.495 e. The van der Waals surface area contributed by atoms with Gasteiger partial charge in [-0.2, -0.15) is 0 Å². The predicted octanol–water partition coefficient (Wildman–Crippen LogP) is 0.232. The molecule has 1 aliphatic rings. The lowest BCUT2D eigenvalue weighted by Crippen LogP contribution is -2.46. The van der Waals surface area contributed by atoms with Crippen molar-refractivity contribution < 1.29 is 19.7 Å². The van der Waals surface area contributed by atoms with Gasteiger partial charge in [-0.3, -0.25) is 4.90 Å². The molecule has 2 rings (SSSR count). The molecule has 1 aromatic rings. The van der Waals surface area contributed by atoms with Crippen molar-refractivity contribution in [1.82, 2.24) is 4.90 Å². The number of rotatable bonds is 4. The van der Waals surface area contributed by atoms with Crippen LogP contribution in [0.25, 0.3) is 0 Å². The minimum Gasteiger partial charge on any atom is -0.495 e. The molecule has 5 heteroatoms. The molecule has 5 nitrogen and oxygen atoms in total. The van der Waals surface area contributed by atoms with Gasteiger partial charge in [-0.25, -0.2) is 0 Å². The Bertz CT molecular complexity index is 521. The van der Waals surface area contributed by atoms with E-state index in [2.05, 4.69) is 16.7 Å². The highest BCUT2D eigenvalue weighted by Crippen LogP contribution is 2.21. The highest BCUT2D eigenvalue weighted by atomic mass is 16.5. The molecule has 1 saturated heterocycles. The molecule has 1 fully saturated rings. The van der Waals surface area contributed by atoms with Crippen molar-refractivity contribution in [1.29, 1.82) is 0 Å². The standard InChI is InChI=1S/C16H21NO4/c1-20-16-5-4-13(9-14(16)3-2-7-18)10-17-6-8-21-12-15(17)11-19/h4-5,9,15,18-19H,6-8,10-12H2,1H3. The summed E-state index contributed by atoms with van der Waals surface area (Å²) in [6.45, 7) is 2.69. The summed E-state index contributed by atoms with van der Waals surface area (Å²) < 4.78 is 10.7. The summed E-state index contributed by atoms with van der Waals surface area (Å²) in [6, 6.07) is 5.87. The fourth-order valence-electron chi connectivity index (χ4n) is 2.39. The van der Waals surface area contributed by atoms with E-state index in [1.165, 1.54) is 0 Å². The third-order valence-electron chi connectivity index (χ3n) is 3.51. The van der Waals surface area contributed by atoms with Gasteiger partial charge >= 0.3 is 0 Å². The normalized spacial score (nSPS) is 18.9. The maximum absolute atomic E-state index is 9.40. The Labute approximate surface area is 125 Å². The number of benzene rings is 1. The second-order valence-corrected chi connectivity index (χ2v) is 4.88. The van der Waals surface area contributed by atoms with Gasteiger partial charge in [0.25, 0.3) is 0 Å². The van der Waals surface area contributed by atoms with Gasteiger partial charge in [0.1, 0.15) is 12.4 Å². The van der Waals surface area contributed by atoms with Gasteiger partial charge in [-0.1, -0.05) is 17.9 Å². The molecule has 2 N–H and O–H groups in total. The highest BCUT2D eigenvalue weighted by molar-refractivity contribution is 5.48. The lowest BCUT2D eigenvalue weighted by molar-refractivity contribution is -0.0312. The topological polar surface area (TPSA) is 62.2 Å². The van der Waals surface area contributed by atoms with E-state index < -0.39 is 0 Å². The number of morpholine rings is 1. The van der Waals surface area contributed by atoms with E-state index in [-0.39, 0.29) is 19.3 Å². The third-order valence-corrected chi connectivity index (χ3v) is 3.51. The van der Waals surface area contributed by atoms with Gasteiger partial charge in [0.05, 0.1) is 38.5 Å². The van der Waals surface area contributed by atoms with Crippen LogP contribution in [-0.2, 0) is 11.3 Å². The Kier molecular flexibility index (Phi) is 6.03. The Morgan fingerprint density at radius 3 is 3.00 bits per heavy atom. The van der Waals surface area contributed by atoms with Crippen LogP contribution in [0, 0.1) is 11.8 Å². The molecule has 0 radical (unpaired) electrons. The van der Waals surface area contributed by atoms with Crippen LogP contribution < -0.4 is 4.74 Å². The summed E-state index contributed by atoms with van der Waals surface area (Å²) >= 11 is 0. The van der Waals surface area contributed by atoms with Crippen molar-refractivity contribution in [2.24, 2.45) is 0 Å². The molecular formula is C16H21NO4. The van der Waals surface area contributed by atoms with Crippen molar-refractivity contribution in [3.8, 4) is 17.6 Å². The van der Waals surface area contributed by atoms with E-state index in [9.17, 15) is 5.11 Å². The van der Waals surface area contributed by atoms with Gasteiger partial charge in [0, 0.05) is 13.1 Å². The van der Waals surface area contributed by atoms with Crippen molar-refractivity contribution in [3.05, 3.63) is 29.3 Å². The van der Waals surface area contributed by atoms with Gasteiger partial charge in [-0.05, 0) is 17.7 Å². The second kappa shape index (κ2) is 8.01. The summed E-state index contributed by atoms with van der Waals surface area (Å²) in [4.78, 5) is 2.20. The molecule has 114 valence electrons. The van der Waals surface area contributed by atoms with E-state index in [1.807, 2.05) is 18.2 Å². The molecular weight excluding hydrogens is 270 g/mol. The summed E-state index contributed by atoms with van der Waals surface area (Å²) in [5, 5.41) is 18.2. The predicted molar refractivity (Wildman–Crippen MR) is 79.1 cm³/mol. The van der Waals surface area contributed by atoms with Crippen LogP contribution in [0.2, 0.25) is 0 Å². The zero-order chi connectivity index (χ0) is 15.1. The van der Waals surface area contributed by atoms with Crippen LogP contribution in [0.3, 0.4) is 0 Å². The molecule has 0 aromatic heterocycles. The zero-order valence-corrected chi connectivity index (χ0v) is 12.2. The first-order valence-corrected chi connectivity index (χ1v) is 6.97. The third kappa shape index (κ3) is 4.19. The number of aliphatic hydroxyl groups is 2. The lowest BCUT2D eigenvalue weighted by atomic mass is 10.1. The van der Waals surface area contributed by atoms with Gasteiger partial charge < -0.3 is 19.7 Å². The first-order valence-electron chi connectivity index (χ1n) is 6.97. The van der Waals surface area contributed by atoms with Crippen molar-refractivity contribution in [3.63, 3.8) is 0 Å². The van der Waals surface area contributed by atoms with E-state index in [4.69, 9.17) is 14.6 Å². The van der Waals surface area contributed by atoms with Crippen LogP contribution in [0.15, 0.2) is 18.2 Å². The fraction of sp³-hybridized carbons (Fsp3) is 0.500. The zero-order valence-electron chi connectivity index (χ0n) is 12.2. The first-order chi connectivity index (χ1) is 10.3. The highest BCUT2D eigenvalue weighted by Gasteiger charge is 2.22. The summed E-state index contributed by atoms with van der Waals surface area (Å²) in [5.41, 5.74) is 1.86. The number of hydrogen-bond donors (Lipinski definition) is 2. The number of hydrogen-bond acceptors (Lipinski definition) is 5. The SMILES string of the molecule is COc1ccc(CN2CCOCC2CO)cc1C#CCO. The Morgan fingerprint density at radius 1 is 1.43 bits per heavy atom. The molecule has 0 saturated carbocycles. The van der Waals surface area contributed by atoms with Crippen LogP contribution >= 0.6 is 0 Å². The first kappa shape index (κ1) is 15.8. The molecule has 1 aliphatic heterocycles. The monoisotopic (exact) mass is 291 g/mol. The molecule has 1 heterocycles. The van der Waals surface area contributed by atoms with Crippen molar-refractivity contribution in [2.45, 2.75) is 12.6 Å². The summed E-state index contributed by atoms with van der Waals surface area (Å²) in [5.74, 6) is 6.24. The average molecular weight is 291 g/mol. The molecule has 0 spiro atoms. The van der Waals surface area contributed by atoms with Gasteiger partial charge in [-0.15, -0.1) is 0 Å². The van der Waals surface area contributed by atoms with Gasteiger partial charge in [0.2, 0.25) is 0 Å². The molecule has 21 heavy (non-hydrogen) atoms. The molecule has 0 bridgehead atoms. The Morgan fingerprint density at radius 2 is 2.29 bits per heavy atom. The minimum absolute atomic E-state index is 0.0350. The average Bonchev–Trinajstić information content (AvgIpc) is 2.53. The maximum atomic E-state index is 9.40. The Balaban J connectivity index is 2.16. The molecule has 1 atom stereocenters.